The first-order valence-electron chi connectivity index (χ1n) is 12.6. The Morgan fingerprint density at radius 1 is 0.974 bits per heavy atom. The first-order valence-corrected chi connectivity index (χ1v) is 12.6. The van der Waals surface area contributed by atoms with E-state index >= 15 is 0 Å². The molecule has 0 radical (unpaired) electrons. The maximum Gasteiger partial charge on any atom is 0.340 e. The summed E-state index contributed by atoms with van der Waals surface area (Å²) in [4.78, 5) is 43.3. The number of rotatable bonds is 6. The van der Waals surface area contributed by atoms with Crippen molar-refractivity contribution in [3.8, 4) is 0 Å². The van der Waals surface area contributed by atoms with E-state index < -0.39 is 22.9 Å². The van der Waals surface area contributed by atoms with E-state index in [0.29, 0.717) is 34.0 Å². The topological polar surface area (TPSA) is 111 Å². The third-order valence-electron chi connectivity index (χ3n) is 6.80. The van der Waals surface area contributed by atoms with Crippen molar-refractivity contribution in [1.29, 1.82) is 0 Å². The van der Waals surface area contributed by atoms with Gasteiger partial charge in [0.05, 0.1) is 16.0 Å². The molecule has 0 saturated heterocycles. The Kier molecular flexibility index (Phi) is 7.13. The van der Waals surface area contributed by atoms with E-state index in [9.17, 15) is 19.7 Å². The number of anilines is 1. The van der Waals surface area contributed by atoms with Crippen LogP contribution in [0, 0.1) is 17.0 Å². The van der Waals surface area contributed by atoms with Crippen molar-refractivity contribution in [2.24, 2.45) is 0 Å². The van der Waals surface area contributed by atoms with Gasteiger partial charge in [-0.2, -0.15) is 0 Å². The molecule has 4 aromatic rings. The number of carbonyl (C=O) groups excluding carboxylic acids is 2. The van der Waals surface area contributed by atoms with Crippen LogP contribution in [-0.2, 0) is 22.4 Å². The van der Waals surface area contributed by atoms with E-state index in [2.05, 4.69) is 5.32 Å². The predicted molar refractivity (Wildman–Crippen MR) is 144 cm³/mol. The largest absolute Gasteiger partial charge is 0.444 e. The summed E-state index contributed by atoms with van der Waals surface area (Å²) in [5.41, 5.74) is 3.84. The number of aromatic nitrogens is 1. The fourth-order valence-electron chi connectivity index (χ4n) is 4.95. The molecule has 1 heterocycles. The second-order valence-electron chi connectivity index (χ2n) is 9.45. The minimum absolute atomic E-state index is 0.0332. The molecule has 1 aliphatic carbocycles. The standard InChI is InChI=1S/C30H27N3O5/c1-19-16-17-25(26(18-19)33(36)37)32-29(34)28(20-10-4-2-5-11-20)38-30(35)27-21-12-6-3-7-14-23(21)31-24-15-9-8-13-22(24)27/h2,4-5,8-11,13,15-18,28H,3,6-7,12,14H2,1H3,(H,32,34)/t28-/m0/s1. The van der Waals surface area contributed by atoms with E-state index in [0.717, 1.165) is 36.9 Å². The lowest BCUT2D eigenvalue weighted by atomic mass is 9.97. The van der Waals surface area contributed by atoms with Crippen LogP contribution >= 0.6 is 0 Å². The number of nitrogens with zero attached hydrogens (tertiary/aromatic N) is 2. The average molecular weight is 510 g/mol. The number of amides is 1. The summed E-state index contributed by atoms with van der Waals surface area (Å²) in [7, 11) is 0. The molecule has 1 aliphatic rings. The Hall–Kier alpha value is -4.59. The Bertz CT molecular complexity index is 1530. The highest BCUT2D eigenvalue weighted by atomic mass is 16.6. The SMILES string of the molecule is Cc1ccc(NC(=O)[C@@H](OC(=O)c2c3c(nc4ccccc24)CCCCC3)c2ccccc2)c([N+](=O)[O-])c1. The number of esters is 1. The van der Waals surface area contributed by atoms with Gasteiger partial charge in [0, 0.05) is 22.7 Å². The number of para-hydroxylation sites is 1. The molecule has 0 fully saturated rings. The minimum Gasteiger partial charge on any atom is -0.444 e. The number of aryl methyl sites for hydroxylation is 2. The van der Waals surface area contributed by atoms with Gasteiger partial charge in [0.2, 0.25) is 6.10 Å². The van der Waals surface area contributed by atoms with Gasteiger partial charge in [-0.05, 0) is 55.9 Å². The van der Waals surface area contributed by atoms with Crippen LogP contribution in [0.3, 0.4) is 0 Å². The summed E-state index contributed by atoms with van der Waals surface area (Å²) < 4.78 is 5.95. The van der Waals surface area contributed by atoms with Gasteiger partial charge in [0.1, 0.15) is 5.69 Å². The van der Waals surface area contributed by atoms with Crippen molar-refractivity contribution in [1.82, 2.24) is 4.98 Å². The van der Waals surface area contributed by atoms with Gasteiger partial charge in [0.15, 0.2) is 0 Å². The zero-order valence-corrected chi connectivity index (χ0v) is 21.0. The summed E-state index contributed by atoms with van der Waals surface area (Å²) in [5, 5.41) is 14.9. The highest BCUT2D eigenvalue weighted by Gasteiger charge is 2.30. The van der Waals surface area contributed by atoms with Crippen LogP contribution in [0.25, 0.3) is 10.9 Å². The number of carbonyl (C=O) groups is 2. The smallest absolute Gasteiger partial charge is 0.340 e. The molecule has 5 rings (SSSR count). The zero-order chi connectivity index (χ0) is 26.6. The molecular formula is C30H27N3O5. The molecule has 192 valence electrons. The molecule has 1 amide bonds. The molecule has 0 aliphatic heterocycles. The summed E-state index contributed by atoms with van der Waals surface area (Å²) in [6.45, 7) is 1.73. The number of fused-ring (bicyclic) bond motifs is 2. The second-order valence-corrected chi connectivity index (χ2v) is 9.45. The van der Waals surface area contributed by atoms with Gasteiger partial charge < -0.3 is 10.1 Å². The monoisotopic (exact) mass is 509 g/mol. The lowest BCUT2D eigenvalue weighted by molar-refractivity contribution is -0.384. The Morgan fingerprint density at radius 2 is 1.71 bits per heavy atom. The quantitative estimate of drug-likeness (QED) is 0.142. The maximum absolute atomic E-state index is 13.9. The van der Waals surface area contributed by atoms with Crippen LogP contribution < -0.4 is 5.32 Å². The fourth-order valence-corrected chi connectivity index (χ4v) is 4.95. The van der Waals surface area contributed by atoms with Gasteiger partial charge in [-0.15, -0.1) is 0 Å². The molecule has 0 saturated carbocycles. The van der Waals surface area contributed by atoms with Crippen molar-refractivity contribution in [2.45, 2.75) is 45.1 Å². The molecule has 1 aromatic heterocycles. The van der Waals surface area contributed by atoms with E-state index in [1.54, 1.807) is 43.3 Å². The number of hydrogen-bond donors (Lipinski definition) is 1. The summed E-state index contributed by atoms with van der Waals surface area (Å²) in [6, 6.07) is 20.6. The Labute approximate surface area is 219 Å². The van der Waals surface area contributed by atoms with Crippen LogP contribution in [0.15, 0.2) is 72.8 Å². The number of nitro groups is 1. The Morgan fingerprint density at radius 3 is 2.50 bits per heavy atom. The van der Waals surface area contributed by atoms with Crippen molar-refractivity contribution in [3.05, 3.63) is 111 Å². The number of pyridine rings is 1. The number of nitrogens with one attached hydrogen (secondary N) is 1. The molecule has 3 aromatic carbocycles. The van der Waals surface area contributed by atoms with Gasteiger partial charge in [-0.25, -0.2) is 4.79 Å². The molecule has 1 atom stereocenters. The van der Waals surface area contributed by atoms with Crippen molar-refractivity contribution < 1.29 is 19.2 Å². The van der Waals surface area contributed by atoms with Crippen LogP contribution in [0.2, 0.25) is 0 Å². The van der Waals surface area contributed by atoms with E-state index in [1.165, 1.54) is 12.1 Å². The molecule has 1 N–H and O–H groups in total. The number of hydrogen-bond acceptors (Lipinski definition) is 6. The van der Waals surface area contributed by atoms with Crippen molar-refractivity contribution >= 4 is 34.2 Å². The average Bonchev–Trinajstić information content (AvgIpc) is 3.16. The summed E-state index contributed by atoms with van der Waals surface area (Å²) >= 11 is 0. The van der Waals surface area contributed by atoms with E-state index in [-0.39, 0.29) is 11.4 Å². The lowest BCUT2D eigenvalue weighted by Crippen LogP contribution is -2.27. The third kappa shape index (κ3) is 5.11. The second kappa shape index (κ2) is 10.8. The van der Waals surface area contributed by atoms with Crippen LogP contribution in [-0.4, -0.2) is 21.8 Å². The highest BCUT2D eigenvalue weighted by molar-refractivity contribution is 6.06. The van der Waals surface area contributed by atoms with Crippen LogP contribution in [0.1, 0.15) is 58.1 Å². The van der Waals surface area contributed by atoms with Gasteiger partial charge in [0.25, 0.3) is 11.6 Å². The Balaban J connectivity index is 1.54. The first kappa shape index (κ1) is 25.1. The third-order valence-corrected chi connectivity index (χ3v) is 6.80. The predicted octanol–water partition coefficient (Wildman–Crippen LogP) is 6.26. The van der Waals surface area contributed by atoms with E-state index in [4.69, 9.17) is 9.72 Å². The van der Waals surface area contributed by atoms with Gasteiger partial charge in [-0.1, -0.05) is 61.0 Å². The number of nitro benzene ring substituents is 1. The molecule has 38 heavy (non-hydrogen) atoms. The first-order chi connectivity index (χ1) is 18.4. The fraction of sp³-hybridized carbons (Fsp3) is 0.233. The molecule has 0 bridgehead atoms. The zero-order valence-electron chi connectivity index (χ0n) is 21.0. The van der Waals surface area contributed by atoms with Crippen LogP contribution in [0.4, 0.5) is 11.4 Å². The van der Waals surface area contributed by atoms with E-state index in [1.807, 2.05) is 24.3 Å². The number of benzene rings is 3. The van der Waals surface area contributed by atoms with Crippen LogP contribution in [0.5, 0.6) is 0 Å². The van der Waals surface area contributed by atoms with Crippen molar-refractivity contribution in [2.75, 3.05) is 5.32 Å². The molecule has 8 heteroatoms. The molecule has 0 spiro atoms. The van der Waals surface area contributed by atoms with Gasteiger partial charge in [-0.3, -0.25) is 19.9 Å². The summed E-state index contributed by atoms with van der Waals surface area (Å²) in [5.74, 6) is -1.30. The molecule has 0 unspecified atom stereocenters. The summed E-state index contributed by atoms with van der Waals surface area (Å²) in [6.07, 6.45) is 3.14. The van der Waals surface area contributed by atoms with Crippen molar-refractivity contribution in [3.63, 3.8) is 0 Å². The van der Waals surface area contributed by atoms with Gasteiger partial charge >= 0.3 is 5.97 Å². The molecular weight excluding hydrogens is 482 g/mol. The molecule has 8 nitrogen and oxygen atoms in total. The minimum atomic E-state index is -1.32. The maximum atomic E-state index is 13.9. The normalized spacial score (nSPS) is 13.7. The highest BCUT2D eigenvalue weighted by Crippen LogP contribution is 2.32. The number of ether oxygens (including phenoxy) is 1. The lowest BCUT2D eigenvalue weighted by Gasteiger charge is -2.20.